The lowest BCUT2D eigenvalue weighted by Gasteiger charge is -2.34. The standard InChI is InChI=1S/C21H21FN4O3S/c1-29-18-4-2-3-16(13-18)20-14-21(24-15-23-20)25-9-11-26(12-10-25)30(27,28)19-7-5-17(22)6-8-19/h2-8,13-15H,9-12H2,1H3. The molecule has 0 aliphatic carbocycles. The van der Waals surface area contributed by atoms with Gasteiger partial charge < -0.3 is 9.64 Å². The second-order valence-corrected chi connectivity index (χ2v) is 8.78. The molecule has 0 atom stereocenters. The van der Waals surface area contributed by atoms with Gasteiger partial charge in [0.25, 0.3) is 0 Å². The first-order valence-electron chi connectivity index (χ1n) is 9.44. The molecule has 0 radical (unpaired) electrons. The fourth-order valence-electron chi connectivity index (χ4n) is 3.37. The number of hydrogen-bond acceptors (Lipinski definition) is 6. The first kappa shape index (κ1) is 20.2. The molecule has 0 saturated carbocycles. The molecule has 0 bridgehead atoms. The molecule has 1 fully saturated rings. The number of ether oxygens (including phenoxy) is 1. The summed E-state index contributed by atoms with van der Waals surface area (Å²) in [6.07, 6.45) is 1.51. The van der Waals surface area contributed by atoms with E-state index in [1.807, 2.05) is 35.2 Å². The Bertz CT molecular complexity index is 1130. The maximum atomic E-state index is 13.1. The van der Waals surface area contributed by atoms with Crippen LogP contribution in [0.3, 0.4) is 0 Å². The molecule has 0 unspecified atom stereocenters. The van der Waals surface area contributed by atoms with Crippen LogP contribution in [-0.4, -0.2) is 56.0 Å². The second-order valence-electron chi connectivity index (χ2n) is 6.84. The zero-order chi connectivity index (χ0) is 21.1. The van der Waals surface area contributed by atoms with E-state index < -0.39 is 15.8 Å². The Morgan fingerprint density at radius 2 is 1.70 bits per heavy atom. The number of sulfonamides is 1. The van der Waals surface area contributed by atoms with E-state index in [2.05, 4.69) is 9.97 Å². The van der Waals surface area contributed by atoms with E-state index in [1.54, 1.807) is 7.11 Å². The van der Waals surface area contributed by atoms with Gasteiger partial charge in [-0.15, -0.1) is 0 Å². The maximum Gasteiger partial charge on any atom is 0.243 e. The monoisotopic (exact) mass is 428 g/mol. The average molecular weight is 428 g/mol. The molecule has 0 amide bonds. The predicted molar refractivity (Wildman–Crippen MR) is 111 cm³/mol. The highest BCUT2D eigenvalue weighted by Crippen LogP contribution is 2.25. The molecular weight excluding hydrogens is 407 g/mol. The van der Waals surface area contributed by atoms with Crippen LogP contribution < -0.4 is 9.64 Å². The first-order valence-corrected chi connectivity index (χ1v) is 10.9. The number of nitrogens with zero attached hydrogens (tertiary/aromatic N) is 4. The minimum Gasteiger partial charge on any atom is -0.497 e. The Labute approximate surface area is 174 Å². The minimum absolute atomic E-state index is 0.0969. The van der Waals surface area contributed by atoms with Gasteiger partial charge in [-0.05, 0) is 36.4 Å². The molecule has 9 heteroatoms. The molecule has 1 aliphatic heterocycles. The van der Waals surface area contributed by atoms with Crippen molar-refractivity contribution in [1.82, 2.24) is 14.3 Å². The summed E-state index contributed by atoms with van der Waals surface area (Å²) in [7, 11) is -2.03. The largest absolute Gasteiger partial charge is 0.497 e. The van der Waals surface area contributed by atoms with Gasteiger partial charge in [0, 0.05) is 37.8 Å². The van der Waals surface area contributed by atoms with E-state index in [0.717, 1.165) is 35.0 Å². The highest BCUT2D eigenvalue weighted by Gasteiger charge is 2.29. The van der Waals surface area contributed by atoms with Crippen molar-refractivity contribution in [3.05, 3.63) is 66.7 Å². The summed E-state index contributed by atoms with van der Waals surface area (Å²) in [5.74, 6) is 1.02. The number of aromatic nitrogens is 2. The van der Waals surface area contributed by atoms with Crippen LogP contribution in [0.25, 0.3) is 11.3 Å². The van der Waals surface area contributed by atoms with Gasteiger partial charge in [-0.25, -0.2) is 22.8 Å². The summed E-state index contributed by atoms with van der Waals surface area (Å²) < 4.78 is 45.4. The zero-order valence-electron chi connectivity index (χ0n) is 16.4. The van der Waals surface area contributed by atoms with Crippen LogP contribution in [0.5, 0.6) is 5.75 Å². The van der Waals surface area contributed by atoms with Gasteiger partial charge >= 0.3 is 0 Å². The molecule has 0 N–H and O–H groups in total. The first-order chi connectivity index (χ1) is 14.5. The van der Waals surface area contributed by atoms with E-state index in [9.17, 15) is 12.8 Å². The van der Waals surface area contributed by atoms with Crippen LogP contribution in [0.15, 0.2) is 65.8 Å². The van der Waals surface area contributed by atoms with Gasteiger partial charge in [0.2, 0.25) is 10.0 Å². The molecule has 0 spiro atoms. The average Bonchev–Trinajstić information content (AvgIpc) is 2.79. The smallest absolute Gasteiger partial charge is 0.243 e. The van der Waals surface area contributed by atoms with E-state index in [4.69, 9.17) is 4.74 Å². The van der Waals surface area contributed by atoms with E-state index in [0.29, 0.717) is 26.2 Å². The van der Waals surface area contributed by atoms with Gasteiger partial charge in [0.15, 0.2) is 0 Å². The summed E-state index contributed by atoms with van der Waals surface area (Å²) in [5.41, 5.74) is 1.68. The number of methoxy groups -OCH3 is 1. The molecule has 4 rings (SSSR count). The van der Waals surface area contributed by atoms with Crippen LogP contribution >= 0.6 is 0 Å². The van der Waals surface area contributed by atoms with Crippen molar-refractivity contribution in [3.63, 3.8) is 0 Å². The number of halogens is 1. The summed E-state index contributed by atoms with van der Waals surface area (Å²) in [5, 5.41) is 0. The number of benzene rings is 2. The van der Waals surface area contributed by atoms with Crippen molar-refractivity contribution in [1.29, 1.82) is 0 Å². The van der Waals surface area contributed by atoms with Crippen molar-refractivity contribution in [3.8, 4) is 17.0 Å². The molecule has 2 aromatic carbocycles. The Kier molecular flexibility index (Phi) is 5.65. The lowest BCUT2D eigenvalue weighted by molar-refractivity contribution is 0.383. The van der Waals surface area contributed by atoms with E-state index in [1.165, 1.54) is 22.8 Å². The Balaban J connectivity index is 1.48. The third-order valence-electron chi connectivity index (χ3n) is 5.03. The third kappa shape index (κ3) is 4.12. The fraction of sp³-hybridized carbons (Fsp3) is 0.238. The van der Waals surface area contributed by atoms with E-state index in [-0.39, 0.29) is 4.90 Å². The van der Waals surface area contributed by atoms with Crippen molar-refractivity contribution in [2.45, 2.75) is 4.90 Å². The van der Waals surface area contributed by atoms with Gasteiger partial charge in [0.1, 0.15) is 23.7 Å². The Hall–Kier alpha value is -3.04. The molecule has 2 heterocycles. The molecule has 3 aromatic rings. The quantitative estimate of drug-likeness (QED) is 0.622. The SMILES string of the molecule is COc1cccc(-c2cc(N3CCN(S(=O)(=O)c4ccc(F)cc4)CC3)ncn2)c1. The lowest BCUT2D eigenvalue weighted by Crippen LogP contribution is -2.48. The van der Waals surface area contributed by atoms with Gasteiger partial charge in [-0.2, -0.15) is 4.31 Å². The van der Waals surface area contributed by atoms with Crippen LogP contribution in [0.1, 0.15) is 0 Å². The summed E-state index contributed by atoms with van der Waals surface area (Å²) in [4.78, 5) is 10.8. The minimum atomic E-state index is -3.65. The molecular formula is C21H21FN4O3S. The summed E-state index contributed by atoms with van der Waals surface area (Å²) in [6.45, 7) is 1.63. The van der Waals surface area contributed by atoms with Crippen LogP contribution in [0.2, 0.25) is 0 Å². The van der Waals surface area contributed by atoms with Crippen LogP contribution in [-0.2, 0) is 10.0 Å². The normalized spacial score (nSPS) is 15.2. The highest BCUT2D eigenvalue weighted by molar-refractivity contribution is 7.89. The maximum absolute atomic E-state index is 13.1. The number of rotatable bonds is 5. The molecule has 30 heavy (non-hydrogen) atoms. The lowest BCUT2D eigenvalue weighted by atomic mass is 10.1. The molecule has 1 aromatic heterocycles. The second kappa shape index (κ2) is 8.37. The molecule has 1 saturated heterocycles. The van der Waals surface area contributed by atoms with Crippen molar-refractivity contribution in [2.75, 3.05) is 38.2 Å². The summed E-state index contributed by atoms with van der Waals surface area (Å²) in [6, 6.07) is 14.4. The van der Waals surface area contributed by atoms with Crippen LogP contribution in [0.4, 0.5) is 10.2 Å². The van der Waals surface area contributed by atoms with E-state index >= 15 is 0 Å². The number of piperazine rings is 1. The topological polar surface area (TPSA) is 75.6 Å². The molecule has 156 valence electrons. The van der Waals surface area contributed by atoms with Crippen molar-refractivity contribution < 1.29 is 17.5 Å². The zero-order valence-corrected chi connectivity index (χ0v) is 17.2. The number of anilines is 1. The van der Waals surface area contributed by atoms with Gasteiger partial charge in [0.05, 0.1) is 17.7 Å². The van der Waals surface area contributed by atoms with Crippen molar-refractivity contribution >= 4 is 15.8 Å². The predicted octanol–water partition coefficient (Wildman–Crippen LogP) is 2.80. The molecule has 1 aliphatic rings. The Morgan fingerprint density at radius 3 is 2.40 bits per heavy atom. The fourth-order valence-corrected chi connectivity index (χ4v) is 4.80. The molecule has 7 nitrogen and oxygen atoms in total. The van der Waals surface area contributed by atoms with Crippen molar-refractivity contribution in [2.24, 2.45) is 0 Å². The van der Waals surface area contributed by atoms with Gasteiger partial charge in [-0.1, -0.05) is 12.1 Å². The highest BCUT2D eigenvalue weighted by atomic mass is 32.2. The summed E-state index contributed by atoms with van der Waals surface area (Å²) >= 11 is 0. The third-order valence-corrected chi connectivity index (χ3v) is 6.95. The number of hydrogen-bond donors (Lipinski definition) is 0. The van der Waals surface area contributed by atoms with Crippen LogP contribution in [0, 0.1) is 5.82 Å². The van der Waals surface area contributed by atoms with Gasteiger partial charge in [-0.3, -0.25) is 0 Å². The Morgan fingerprint density at radius 1 is 0.967 bits per heavy atom.